The lowest BCUT2D eigenvalue weighted by Gasteiger charge is -2.27. The van der Waals surface area contributed by atoms with E-state index in [0.29, 0.717) is 5.56 Å². The van der Waals surface area contributed by atoms with Crippen molar-refractivity contribution in [1.82, 2.24) is 4.98 Å². The van der Waals surface area contributed by atoms with Crippen molar-refractivity contribution in [2.75, 3.05) is 0 Å². The molecule has 4 atom stereocenters. The molecule has 4 nitrogen and oxygen atoms in total. The van der Waals surface area contributed by atoms with E-state index < -0.39 is 12.1 Å². The second-order valence-corrected chi connectivity index (χ2v) is 4.41. The standard InChI is InChI=1S/C13H20N2O2/c1-3-9(2)11(8-16)12(14)13(17)10-5-4-6-15-7-10/h4-9,11-13,17H,3,14H2,1-2H3. The number of nitrogens with two attached hydrogens (primary N) is 1. The van der Waals surface area contributed by atoms with E-state index in [4.69, 9.17) is 5.73 Å². The zero-order valence-corrected chi connectivity index (χ0v) is 10.3. The van der Waals surface area contributed by atoms with Crippen molar-refractivity contribution >= 4 is 6.29 Å². The SMILES string of the molecule is CCC(C)C(C=O)C(N)C(O)c1cccnc1. The number of aliphatic hydroxyl groups excluding tert-OH is 1. The lowest BCUT2D eigenvalue weighted by atomic mass is 9.83. The van der Waals surface area contributed by atoms with Gasteiger partial charge in [-0.1, -0.05) is 26.3 Å². The van der Waals surface area contributed by atoms with Crippen LogP contribution in [0.15, 0.2) is 24.5 Å². The number of hydrogen-bond donors (Lipinski definition) is 2. The second-order valence-electron chi connectivity index (χ2n) is 4.41. The first-order valence-corrected chi connectivity index (χ1v) is 5.90. The third-order valence-corrected chi connectivity index (χ3v) is 3.29. The predicted octanol–water partition coefficient (Wildman–Crippen LogP) is 1.30. The summed E-state index contributed by atoms with van der Waals surface area (Å²) in [6.07, 6.45) is 4.05. The van der Waals surface area contributed by atoms with Crippen LogP contribution in [0, 0.1) is 11.8 Å². The van der Waals surface area contributed by atoms with Crippen LogP contribution in [0.25, 0.3) is 0 Å². The average molecular weight is 236 g/mol. The summed E-state index contributed by atoms with van der Waals surface area (Å²) in [5.74, 6) is -0.177. The van der Waals surface area contributed by atoms with Gasteiger partial charge < -0.3 is 15.6 Å². The molecule has 17 heavy (non-hydrogen) atoms. The highest BCUT2D eigenvalue weighted by atomic mass is 16.3. The van der Waals surface area contributed by atoms with Crippen LogP contribution in [0.5, 0.6) is 0 Å². The molecule has 0 aliphatic carbocycles. The Morgan fingerprint density at radius 3 is 2.76 bits per heavy atom. The molecule has 4 heteroatoms. The maximum absolute atomic E-state index is 11.1. The molecule has 3 N–H and O–H groups in total. The molecule has 0 bridgehead atoms. The van der Waals surface area contributed by atoms with Gasteiger partial charge in [-0.3, -0.25) is 4.98 Å². The summed E-state index contributed by atoms with van der Waals surface area (Å²) in [7, 11) is 0. The van der Waals surface area contributed by atoms with Crippen molar-refractivity contribution in [2.45, 2.75) is 32.4 Å². The molecule has 1 rings (SSSR count). The Hall–Kier alpha value is -1.26. The molecular formula is C13H20N2O2. The van der Waals surface area contributed by atoms with Crippen molar-refractivity contribution in [3.63, 3.8) is 0 Å². The van der Waals surface area contributed by atoms with Crippen molar-refractivity contribution in [1.29, 1.82) is 0 Å². The highest BCUT2D eigenvalue weighted by Gasteiger charge is 2.29. The van der Waals surface area contributed by atoms with Gasteiger partial charge in [0.15, 0.2) is 0 Å². The van der Waals surface area contributed by atoms with Gasteiger partial charge in [0, 0.05) is 29.9 Å². The van der Waals surface area contributed by atoms with Crippen LogP contribution in [0.3, 0.4) is 0 Å². The Labute approximate surface area is 102 Å². The minimum absolute atomic E-state index is 0.161. The summed E-state index contributed by atoms with van der Waals surface area (Å²) in [5.41, 5.74) is 6.62. The van der Waals surface area contributed by atoms with Crippen LogP contribution in [0.4, 0.5) is 0 Å². The minimum Gasteiger partial charge on any atom is -0.387 e. The summed E-state index contributed by atoms with van der Waals surface area (Å²) in [6, 6.07) is 2.91. The summed E-state index contributed by atoms with van der Waals surface area (Å²) < 4.78 is 0. The van der Waals surface area contributed by atoms with Gasteiger partial charge in [0.1, 0.15) is 6.29 Å². The summed E-state index contributed by atoms with van der Waals surface area (Å²) >= 11 is 0. The molecule has 4 unspecified atom stereocenters. The Balaban J connectivity index is 2.81. The highest BCUT2D eigenvalue weighted by molar-refractivity contribution is 5.55. The third-order valence-electron chi connectivity index (χ3n) is 3.29. The number of aliphatic hydroxyl groups is 1. The molecule has 1 aromatic heterocycles. The normalized spacial score (nSPS) is 18.1. The van der Waals surface area contributed by atoms with E-state index in [1.165, 1.54) is 0 Å². The first-order chi connectivity index (χ1) is 8.11. The number of aromatic nitrogens is 1. The maximum atomic E-state index is 11.1. The van der Waals surface area contributed by atoms with E-state index in [-0.39, 0.29) is 11.8 Å². The maximum Gasteiger partial charge on any atom is 0.125 e. The number of pyridine rings is 1. The molecule has 0 amide bonds. The quantitative estimate of drug-likeness (QED) is 0.730. The van der Waals surface area contributed by atoms with Crippen LogP contribution in [0.1, 0.15) is 31.9 Å². The highest BCUT2D eigenvalue weighted by Crippen LogP contribution is 2.24. The van der Waals surface area contributed by atoms with Crippen molar-refractivity contribution in [2.24, 2.45) is 17.6 Å². The van der Waals surface area contributed by atoms with Gasteiger partial charge in [-0.05, 0) is 12.0 Å². The fourth-order valence-electron chi connectivity index (χ4n) is 1.86. The minimum atomic E-state index is -0.854. The summed E-state index contributed by atoms with van der Waals surface area (Å²) in [5, 5.41) is 10.1. The Kier molecular flexibility index (Phi) is 5.25. The second kappa shape index (κ2) is 6.47. The van der Waals surface area contributed by atoms with Crippen LogP contribution < -0.4 is 5.73 Å². The number of carbonyl (C=O) groups excluding carboxylic acids is 1. The lowest BCUT2D eigenvalue weighted by Crippen LogP contribution is -2.40. The zero-order valence-electron chi connectivity index (χ0n) is 10.3. The monoisotopic (exact) mass is 236 g/mol. The van der Waals surface area contributed by atoms with Gasteiger partial charge in [-0.2, -0.15) is 0 Å². The van der Waals surface area contributed by atoms with E-state index in [9.17, 15) is 9.90 Å². The predicted molar refractivity (Wildman–Crippen MR) is 66.2 cm³/mol. The first-order valence-electron chi connectivity index (χ1n) is 5.90. The molecule has 0 saturated carbocycles. The van der Waals surface area contributed by atoms with Crippen molar-refractivity contribution in [3.8, 4) is 0 Å². The molecule has 0 aliphatic heterocycles. The van der Waals surface area contributed by atoms with Gasteiger partial charge >= 0.3 is 0 Å². The average Bonchev–Trinajstić information content (AvgIpc) is 2.39. The van der Waals surface area contributed by atoms with E-state index in [1.54, 1.807) is 24.5 Å². The fourth-order valence-corrected chi connectivity index (χ4v) is 1.86. The van der Waals surface area contributed by atoms with Crippen LogP contribution in [-0.4, -0.2) is 22.4 Å². The third kappa shape index (κ3) is 3.35. The topological polar surface area (TPSA) is 76.2 Å². The summed E-state index contributed by atoms with van der Waals surface area (Å²) in [4.78, 5) is 15.0. The zero-order chi connectivity index (χ0) is 12.8. The number of rotatable bonds is 6. The number of hydrogen-bond acceptors (Lipinski definition) is 4. The van der Waals surface area contributed by atoms with E-state index in [2.05, 4.69) is 4.98 Å². The van der Waals surface area contributed by atoms with E-state index >= 15 is 0 Å². The Morgan fingerprint density at radius 1 is 1.59 bits per heavy atom. The van der Waals surface area contributed by atoms with Crippen LogP contribution >= 0.6 is 0 Å². The molecule has 0 fully saturated rings. The molecule has 0 aromatic carbocycles. The van der Waals surface area contributed by atoms with Gasteiger partial charge in [0.05, 0.1) is 6.10 Å². The first kappa shape index (κ1) is 13.8. The smallest absolute Gasteiger partial charge is 0.125 e. The molecule has 0 radical (unpaired) electrons. The number of aldehydes is 1. The number of carbonyl (C=O) groups is 1. The van der Waals surface area contributed by atoms with Crippen molar-refractivity contribution < 1.29 is 9.90 Å². The summed E-state index contributed by atoms with van der Waals surface area (Å²) in [6.45, 7) is 3.97. The molecule has 0 aliphatic rings. The van der Waals surface area contributed by atoms with Gasteiger partial charge in [0.25, 0.3) is 0 Å². The Morgan fingerprint density at radius 2 is 2.29 bits per heavy atom. The largest absolute Gasteiger partial charge is 0.387 e. The van der Waals surface area contributed by atoms with Gasteiger partial charge in [-0.15, -0.1) is 0 Å². The van der Waals surface area contributed by atoms with Gasteiger partial charge in [-0.25, -0.2) is 0 Å². The van der Waals surface area contributed by atoms with E-state index in [1.807, 2.05) is 13.8 Å². The molecule has 1 heterocycles. The molecular weight excluding hydrogens is 216 g/mol. The fraction of sp³-hybridized carbons (Fsp3) is 0.538. The van der Waals surface area contributed by atoms with Crippen LogP contribution in [-0.2, 0) is 4.79 Å². The molecule has 0 saturated heterocycles. The lowest BCUT2D eigenvalue weighted by molar-refractivity contribution is -0.114. The van der Waals surface area contributed by atoms with Gasteiger partial charge in [0.2, 0.25) is 0 Å². The molecule has 94 valence electrons. The Bertz CT molecular complexity index is 343. The van der Waals surface area contributed by atoms with E-state index in [0.717, 1.165) is 12.7 Å². The molecule has 0 spiro atoms. The number of nitrogens with zero attached hydrogens (tertiary/aromatic N) is 1. The van der Waals surface area contributed by atoms with Crippen LogP contribution in [0.2, 0.25) is 0 Å². The molecule has 1 aromatic rings. The van der Waals surface area contributed by atoms with Crippen molar-refractivity contribution in [3.05, 3.63) is 30.1 Å².